The second kappa shape index (κ2) is 5.51. The standard InChI is InChI=1S/C12H18N8O/c1-18-8-15-16-11(18)9-3-2-4-19(5-9)10(21)6-20-7-14-12(13)17-20/h7-9H,2-6H2,1H3,(H2,13,17). The number of carbonyl (C=O) groups is 1. The number of likely N-dealkylation sites (tertiary alicyclic amines) is 1. The zero-order chi connectivity index (χ0) is 14.8. The summed E-state index contributed by atoms with van der Waals surface area (Å²) < 4.78 is 3.38. The Hall–Kier alpha value is -2.45. The smallest absolute Gasteiger partial charge is 0.244 e. The number of carbonyl (C=O) groups excluding carboxylic acids is 1. The van der Waals surface area contributed by atoms with E-state index in [4.69, 9.17) is 5.73 Å². The molecule has 1 aliphatic rings. The molecule has 9 nitrogen and oxygen atoms in total. The van der Waals surface area contributed by atoms with Crippen LogP contribution in [0.3, 0.4) is 0 Å². The Morgan fingerprint density at radius 1 is 1.48 bits per heavy atom. The molecular formula is C12H18N8O. The number of nitrogens with zero attached hydrogens (tertiary/aromatic N) is 7. The average Bonchev–Trinajstić information content (AvgIpc) is 3.07. The Balaban J connectivity index is 1.65. The molecule has 1 amide bonds. The van der Waals surface area contributed by atoms with Crippen molar-refractivity contribution in [3.8, 4) is 0 Å². The molecule has 3 rings (SSSR count). The predicted octanol–water partition coefficient (Wildman–Crippen LogP) is -0.605. The summed E-state index contributed by atoms with van der Waals surface area (Å²) in [6.07, 6.45) is 5.14. The summed E-state index contributed by atoms with van der Waals surface area (Å²) in [5, 5.41) is 12.0. The number of nitrogen functional groups attached to an aromatic ring is 1. The number of amides is 1. The number of aromatic nitrogens is 6. The van der Waals surface area contributed by atoms with E-state index in [1.165, 1.54) is 11.0 Å². The van der Waals surface area contributed by atoms with Gasteiger partial charge >= 0.3 is 0 Å². The van der Waals surface area contributed by atoms with E-state index in [0.717, 1.165) is 25.2 Å². The fourth-order valence-electron chi connectivity index (χ4n) is 2.70. The minimum absolute atomic E-state index is 0.0202. The normalized spacial score (nSPS) is 18.9. The second-order valence-corrected chi connectivity index (χ2v) is 5.28. The first-order chi connectivity index (χ1) is 10.1. The molecule has 3 heterocycles. The molecule has 21 heavy (non-hydrogen) atoms. The minimum Gasteiger partial charge on any atom is -0.367 e. The largest absolute Gasteiger partial charge is 0.367 e. The average molecular weight is 290 g/mol. The van der Waals surface area contributed by atoms with Crippen molar-refractivity contribution in [1.82, 2.24) is 34.4 Å². The Kier molecular flexibility index (Phi) is 3.55. The summed E-state index contributed by atoms with van der Waals surface area (Å²) in [4.78, 5) is 18.0. The molecule has 0 aromatic carbocycles. The monoisotopic (exact) mass is 290 g/mol. The van der Waals surface area contributed by atoms with Crippen LogP contribution in [0.1, 0.15) is 24.6 Å². The highest BCUT2D eigenvalue weighted by atomic mass is 16.2. The Labute approximate surface area is 121 Å². The molecule has 9 heteroatoms. The fraction of sp³-hybridized carbons (Fsp3) is 0.583. The fourth-order valence-corrected chi connectivity index (χ4v) is 2.70. The number of hydrogen-bond acceptors (Lipinski definition) is 6. The van der Waals surface area contributed by atoms with Gasteiger partial charge in [0.25, 0.3) is 0 Å². The Morgan fingerprint density at radius 2 is 2.33 bits per heavy atom. The highest BCUT2D eigenvalue weighted by molar-refractivity contribution is 5.76. The van der Waals surface area contributed by atoms with Crippen molar-refractivity contribution in [2.75, 3.05) is 18.8 Å². The van der Waals surface area contributed by atoms with Crippen LogP contribution in [0.4, 0.5) is 5.95 Å². The highest BCUT2D eigenvalue weighted by Crippen LogP contribution is 2.25. The van der Waals surface area contributed by atoms with Gasteiger partial charge in [0.2, 0.25) is 11.9 Å². The molecule has 0 bridgehead atoms. The highest BCUT2D eigenvalue weighted by Gasteiger charge is 2.27. The van der Waals surface area contributed by atoms with Gasteiger partial charge in [0, 0.05) is 26.1 Å². The summed E-state index contributed by atoms with van der Waals surface area (Å²) in [5.74, 6) is 1.36. The molecule has 1 saturated heterocycles. The van der Waals surface area contributed by atoms with E-state index in [1.54, 1.807) is 6.33 Å². The Morgan fingerprint density at radius 3 is 3.00 bits per heavy atom. The number of rotatable bonds is 3. The molecule has 0 radical (unpaired) electrons. The lowest BCUT2D eigenvalue weighted by Gasteiger charge is -2.32. The van der Waals surface area contributed by atoms with E-state index in [9.17, 15) is 4.79 Å². The number of aryl methyl sites for hydroxylation is 1. The lowest BCUT2D eigenvalue weighted by atomic mass is 9.97. The molecule has 1 atom stereocenters. The molecule has 2 N–H and O–H groups in total. The van der Waals surface area contributed by atoms with Crippen molar-refractivity contribution in [2.45, 2.75) is 25.3 Å². The lowest BCUT2D eigenvalue weighted by molar-refractivity contribution is -0.133. The lowest BCUT2D eigenvalue weighted by Crippen LogP contribution is -2.41. The first-order valence-corrected chi connectivity index (χ1v) is 6.90. The van der Waals surface area contributed by atoms with Gasteiger partial charge in [-0.2, -0.15) is 0 Å². The molecule has 2 aromatic rings. The third kappa shape index (κ3) is 2.86. The van der Waals surface area contributed by atoms with Gasteiger partial charge in [-0.15, -0.1) is 15.3 Å². The van der Waals surface area contributed by atoms with Crippen LogP contribution in [0.5, 0.6) is 0 Å². The van der Waals surface area contributed by atoms with Gasteiger partial charge in [-0.25, -0.2) is 9.67 Å². The zero-order valence-electron chi connectivity index (χ0n) is 11.9. The van der Waals surface area contributed by atoms with Gasteiger partial charge in [-0.05, 0) is 12.8 Å². The van der Waals surface area contributed by atoms with Crippen molar-refractivity contribution in [3.05, 3.63) is 18.5 Å². The van der Waals surface area contributed by atoms with Crippen LogP contribution >= 0.6 is 0 Å². The van der Waals surface area contributed by atoms with Crippen molar-refractivity contribution < 1.29 is 4.79 Å². The van der Waals surface area contributed by atoms with Crippen molar-refractivity contribution in [1.29, 1.82) is 0 Å². The number of hydrogen-bond donors (Lipinski definition) is 1. The minimum atomic E-state index is 0.0202. The molecule has 2 aromatic heterocycles. The summed E-state index contributed by atoms with van der Waals surface area (Å²) in [5.41, 5.74) is 5.45. The third-order valence-corrected chi connectivity index (χ3v) is 3.74. The van der Waals surface area contributed by atoms with Crippen molar-refractivity contribution in [3.63, 3.8) is 0 Å². The first kappa shape index (κ1) is 13.5. The van der Waals surface area contributed by atoms with E-state index >= 15 is 0 Å². The SMILES string of the molecule is Cn1cnnc1C1CCCN(C(=O)Cn2cnc(N)n2)C1. The maximum absolute atomic E-state index is 12.3. The van der Waals surface area contributed by atoms with Crippen LogP contribution in [0, 0.1) is 0 Å². The van der Waals surface area contributed by atoms with Gasteiger partial charge in [0.05, 0.1) is 0 Å². The van der Waals surface area contributed by atoms with Gasteiger partial charge in [0.15, 0.2) is 0 Å². The van der Waals surface area contributed by atoms with Crippen LogP contribution in [-0.2, 0) is 18.4 Å². The quantitative estimate of drug-likeness (QED) is 0.808. The van der Waals surface area contributed by atoms with Crippen LogP contribution in [-0.4, -0.2) is 53.4 Å². The van der Waals surface area contributed by atoms with Gasteiger partial charge in [-0.3, -0.25) is 4.79 Å². The predicted molar refractivity (Wildman–Crippen MR) is 74.0 cm³/mol. The van der Waals surface area contributed by atoms with E-state index in [-0.39, 0.29) is 24.3 Å². The topological polar surface area (TPSA) is 108 Å². The maximum atomic E-state index is 12.3. The van der Waals surface area contributed by atoms with Crippen LogP contribution in [0.2, 0.25) is 0 Å². The van der Waals surface area contributed by atoms with Gasteiger partial charge < -0.3 is 15.2 Å². The summed E-state index contributed by atoms with van der Waals surface area (Å²) in [6.45, 7) is 1.59. The van der Waals surface area contributed by atoms with E-state index in [2.05, 4.69) is 20.3 Å². The third-order valence-electron chi connectivity index (χ3n) is 3.74. The Bertz CT molecular complexity index is 633. The number of anilines is 1. The van der Waals surface area contributed by atoms with Crippen molar-refractivity contribution >= 4 is 11.9 Å². The van der Waals surface area contributed by atoms with E-state index in [0.29, 0.717) is 6.54 Å². The maximum Gasteiger partial charge on any atom is 0.244 e. The van der Waals surface area contributed by atoms with E-state index < -0.39 is 0 Å². The second-order valence-electron chi connectivity index (χ2n) is 5.28. The molecule has 112 valence electrons. The van der Waals surface area contributed by atoms with Gasteiger partial charge in [0.1, 0.15) is 25.0 Å². The molecule has 1 aliphatic heterocycles. The van der Waals surface area contributed by atoms with Crippen LogP contribution < -0.4 is 5.73 Å². The van der Waals surface area contributed by atoms with Gasteiger partial charge in [-0.1, -0.05) is 0 Å². The molecule has 1 unspecified atom stereocenters. The van der Waals surface area contributed by atoms with Crippen LogP contribution in [0.25, 0.3) is 0 Å². The van der Waals surface area contributed by atoms with Crippen LogP contribution in [0.15, 0.2) is 12.7 Å². The first-order valence-electron chi connectivity index (χ1n) is 6.90. The summed E-state index contributed by atoms with van der Waals surface area (Å²) in [7, 11) is 1.92. The zero-order valence-corrected chi connectivity index (χ0v) is 11.9. The molecular weight excluding hydrogens is 272 g/mol. The number of piperidine rings is 1. The number of nitrogens with two attached hydrogens (primary N) is 1. The molecule has 1 fully saturated rings. The molecule has 0 aliphatic carbocycles. The summed E-state index contributed by atoms with van der Waals surface area (Å²) in [6, 6.07) is 0. The van der Waals surface area contributed by atoms with Crippen molar-refractivity contribution in [2.24, 2.45) is 7.05 Å². The summed E-state index contributed by atoms with van der Waals surface area (Å²) >= 11 is 0. The molecule has 0 spiro atoms. The molecule has 0 saturated carbocycles. The van der Waals surface area contributed by atoms with E-state index in [1.807, 2.05) is 16.5 Å².